The van der Waals surface area contributed by atoms with Gasteiger partial charge < -0.3 is 0 Å². The average Bonchev–Trinajstić information content (AvgIpc) is 3.85. The number of rotatable bonds is 14. The van der Waals surface area contributed by atoms with Crippen LogP contribution in [-0.2, 0) is 12.8 Å². The molecule has 2 aromatic heterocycles. The lowest BCUT2D eigenvalue weighted by Crippen LogP contribution is -1.89. The fraction of sp³-hybridized carbons (Fsp3) is 0.250. The van der Waals surface area contributed by atoms with Crippen LogP contribution < -0.4 is 0 Å². The van der Waals surface area contributed by atoms with Gasteiger partial charge in [0.05, 0.1) is 0 Å². The van der Waals surface area contributed by atoms with Gasteiger partial charge in [-0.3, -0.25) is 0 Å². The Labute approximate surface area is 261 Å². The van der Waals surface area contributed by atoms with Gasteiger partial charge in [0.15, 0.2) is 0 Å². The number of thioether (sulfide) groups is 4. The molecule has 0 nitrogen and oxygen atoms in total. The molecular weight excluding hydrogens is 609 g/mol. The molecule has 4 aromatic rings. The minimum absolute atomic E-state index is 0.824. The molecule has 7 heteroatoms. The van der Waals surface area contributed by atoms with Gasteiger partial charge in [-0.25, -0.2) is 0 Å². The summed E-state index contributed by atoms with van der Waals surface area (Å²) in [4.78, 5) is 8.01. The molecule has 0 saturated carbocycles. The van der Waals surface area contributed by atoms with Crippen LogP contribution in [0.25, 0.3) is 20.9 Å². The Morgan fingerprint density at radius 3 is 1.56 bits per heavy atom. The molecule has 2 aliphatic rings. The summed E-state index contributed by atoms with van der Waals surface area (Å²) < 4.78 is 0. The minimum Gasteiger partial charge on any atom is -0.156 e. The zero-order chi connectivity index (χ0) is 26.6. The van der Waals surface area contributed by atoms with Gasteiger partial charge in [0.1, 0.15) is 0 Å². The van der Waals surface area contributed by atoms with Crippen LogP contribution in [0.15, 0.2) is 104 Å². The lowest BCUT2D eigenvalue weighted by atomic mass is 10.1. The Bertz CT molecular complexity index is 1350. The molecule has 2 fully saturated rings. The smallest absolute Gasteiger partial charge is 0.0357 e. The van der Waals surface area contributed by atoms with Crippen molar-refractivity contribution in [3.8, 4) is 20.9 Å². The van der Waals surface area contributed by atoms with Crippen LogP contribution in [0.5, 0.6) is 0 Å². The normalized spacial score (nSPS) is 17.7. The van der Waals surface area contributed by atoms with Crippen LogP contribution in [0.1, 0.15) is 11.1 Å². The van der Waals surface area contributed by atoms with Crippen LogP contribution in [0.3, 0.4) is 0 Å². The first-order chi connectivity index (χ1) is 19.2. The van der Waals surface area contributed by atoms with Crippen LogP contribution in [0.4, 0.5) is 0 Å². The second kappa shape index (κ2) is 13.4. The van der Waals surface area contributed by atoms with Crippen molar-refractivity contribution in [2.45, 2.75) is 42.9 Å². The lowest BCUT2D eigenvalue weighted by molar-refractivity contribution is 1.03. The third-order valence-corrected chi connectivity index (χ3v) is 13.5. The molecule has 2 aromatic carbocycles. The summed E-state index contributed by atoms with van der Waals surface area (Å²) in [6.45, 7) is 7.84. The van der Waals surface area contributed by atoms with Crippen LogP contribution >= 0.6 is 81.5 Å². The van der Waals surface area contributed by atoms with Gasteiger partial charge in [-0.1, -0.05) is 23.9 Å². The zero-order valence-electron chi connectivity index (χ0n) is 21.6. The average molecular weight is 639 g/mol. The quantitative estimate of drug-likeness (QED) is 0.0763. The minimum atomic E-state index is 0.824. The highest BCUT2D eigenvalue weighted by Gasteiger charge is 2.24. The molecule has 0 amide bonds. The first-order valence-electron chi connectivity index (χ1n) is 13.0. The Morgan fingerprint density at radius 1 is 0.692 bits per heavy atom. The predicted molar refractivity (Wildman–Crippen MR) is 185 cm³/mol. The number of hydrogen-bond acceptors (Lipinski definition) is 7. The maximum absolute atomic E-state index is 3.92. The van der Waals surface area contributed by atoms with Crippen molar-refractivity contribution in [1.29, 1.82) is 0 Å². The van der Waals surface area contributed by atoms with Crippen LogP contribution in [-0.4, -0.2) is 33.5 Å². The highest BCUT2D eigenvalue weighted by atomic mass is 32.2. The van der Waals surface area contributed by atoms with Gasteiger partial charge in [0.25, 0.3) is 0 Å². The van der Waals surface area contributed by atoms with Crippen molar-refractivity contribution in [2.24, 2.45) is 0 Å². The third-order valence-electron chi connectivity index (χ3n) is 6.43. The first-order valence-corrected chi connectivity index (χ1v) is 19.6. The fourth-order valence-corrected chi connectivity index (χ4v) is 9.93. The Balaban J connectivity index is 1.35. The molecule has 200 valence electrons. The van der Waals surface area contributed by atoms with Gasteiger partial charge in [0, 0.05) is 74.0 Å². The fourth-order valence-electron chi connectivity index (χ4n) is 4.33. The van der Waals surface area contributed by atoms with E-state index in [0.29, 0.717) is 0 Å². The largest absolute Gasteiger partial charge is 0.156 e. The molecular formula is C32H30S7. The summed E-state index contributed by atoms with van der Waals surface area (Å²) in [5, 5.41) is 6.39. The monoisotopic (exact) mass is 638 g/mol. The summed E-state index contributed by atoms with van der Waals surface area (Å²) in [7, 11) is 0. The van der Waals surface area contributed by atoms with Crippen molar-refractivity contribution in [1.82, 2.24) is 0 Å². The molecule has 6 rings (SSSR count). The van der Waals surface area contributed by atoms with E-state index in [9.17, 15) is 0 Å². The number of thiophene rings is 2. The molecule has 2 atom stereocenters. The predicted octanol–water partition coefficient (Wildman–Crippen LogP) is 11.2. The second-order valence-electron chi connectivity index (χ2n) is 9.57. The molecule has 0 aliphatic carbocycles. The van der Waals surface area contributed by atoms with E-state index >= 15 is 0 Å². The summed E-state index contributed by atoms with van der Waals surface area (Å²) in [6.07, 6.45) is 6.36. The van der Waals surface area contributed by atoms with Gasteiger partial charge >= 0.3 is 0 Å². The van der Waals surface area contributed by atoms with Crippen LogP contribution in [0, 0.1) is 0 Å². The Kier molecular flexibility index (Phi) is 9.67. The Hall–Kier alpha value is -0.930. The molecule has 0 N–H and O–H groups in total. The molecule has 39 heavy (non-hydrogen) atoms. The van der Waals surface area contributed by atoms with E-state index in [0.717, 1.165) is 22.0 Å². The van der Waals surface area contributed by atoms with E-state index in [1.807, 2.05) is 70.1 Å². The summed E-state index contributed by atoms with van der Waals surface area (Å²) >= 11 is 13.6. The van der Waals surface area contributed by atoms with E-state index in [-0.39, 0.29) is 0 Å². The van der Waals surface area contributed by atoms with E-state index in [1.165, 1.54) is 75.9 Å². The van der Waals surface area contributed by atoms with Crippen molar-refractivity contribution < 1.29 is 0 Å². The summed E-state index contributed by atoms with van der Waals surface area (Å²) in [6, 6.07) is 18.9. The van der Waals surface area contributed by atoms with Gasteiger partial charge in [-0.15, -0.1) is 59.4 Å². The van der Waals surface area contributed by atoms with Crippen molar-refractivity contribution in [3.63, 3.8) is 0 Å². The SMILES string of the molecule is C=CCSc1ccc(Sc2ccc(SCC=C)cc2-c2cc(CC3CS3)cs2)c(-c2cc(CC3CS3)cs2)c1. The van der Waals surface area contributed by atoms with Crippen molar-refractivity contribution >= 4 is 81.5 Å². The van der Waals surface area contributed by atoms with Gasteiger partial charge in [-0.05, 0) is 83.3 Å². The highest BCUT2D eigenvalue weighted by molar-refractivity contribution is 8.07. The van der Waals surface area contributed by atoms with E-state index < -0.39 is 0 Å². The first kappa shape index (κ1) is 28.2. The van der Waals surface area contributed by atoms with E-state index in [1.54, 1.807) is 0 Å². The zero-order valence-corrected chi connectivity index (χ0v) is 27.3. The second-order valence-corrected chi connectivity index (χ2v) is 17.3. The van der Waals surface area contributed by atoms with E-state index in [2.05, 4.69) is 96.0 Å². The molecule has 4 heterocycles. The third kappa shape index (κ3) is 7.68. The summed E-state index contributed by atoms with van der Waals surface area (Å²) in [5.74, 6) is 4.48. The Morgan fingerprint density at radius 2 is 1.15 bits per heavy atom. The lowest BCUT2D eigenvalue weighted by Gasteiger charge is -2.14. The van der Waals surface area contributed by atoms with E-state index in [4.69, 9.17) is 0 Å². The van der Waals surface area contributed by atoms with Gasteiger partial charge in [0.2, 0.25) is 0 Å². The van der Waals surface area contributed by atoms with Crippen molar-refractivity contribution in [2.75, 3.05) is 23.0 Å². The molecule has 0 bridgehead atoms. The number of benzene rings is 2. The van der Waals surface area contributed by atoms with Crippen molar-refractivity contribution in [3.05, 3.63) is 95.7 Å². The highest BCUT2D eigenvalue weighted by Crippen LogP contribution is 2.46. The maximum atomic E-state index is 3.92. The standard InChI is InChI=1S/C32H30S7/c1-3-9-33-23-5-7-29(27(15-23)31-13-21(17-37-31)11-25-19-35-25)39-30-8-6-24(34-10-4-2)16-28(30)32-14-22(18-38-32)12-26-20-36-26/h3-8,13-18,25-26H,1-2,9-12,19-20H2. The molecule has 2 unspecified atom stereocenters. The number of hydrogen-bond donors (Lipinski definition) is 0. The topological polar surface area (TPSA) is 0 Å². The van der Waals surface area contributed by atoms with Gasteiger partial charge in [-0.2, -0.15) is 23.5 Å². The molecule has 0 radical (unpaired) electrons. The molecule has 2 saturated heterocycles. The summed E-state index contributed by atoms with van der Waals surface area (Å²) in [5.41, 5.74) is 5.66. The molecule has 0 spiro atoms. The molecule has 2 aliphatic heterocycles. The maximum Gasteiger partial charge on any atom is 0.0357 e. The van der Waals surface area contributed by atoms with Crippen LogP contribution in [0.2, 0.25) is 0 Å².